The second kappa shape index (κ2) is 10.1. The number of hydrogen-bond donors (Lipinski definition) is 1. The first-order chi connectivity index (χ1) is 12.5. The molecule has 4 nitrogen and oxygen atoms in total. The van der Waals surface area contributed by atoms with E-state index in [0.717, 1.165) is 0 Å². The molecule has 0 saturated carbocycles. The van der Waals surface area contributed by atoms with Crippen LogP contribution in [-0.4, -0.2) is 23.7 Å². The zero-order valence-electron chi connectivity index (χ0n) is 13.9. The Hall–Kier alpha value is -2.20. The number of nitriles is 1. The summed E-state index contributed by atoms with van der Waals surface area (Å²) in [5.41, 5.74) is 1.13. The fourth-order valence-corrected chi connectivity index (χ4v) is 3.82. The van der Waals surface area contributed by atoms with Gasteiger partial charge in [-0.05, 0) is 30.5 Å². The van der Waals surface area contributed by atoms with Crippen LogP contribution in [0, 0.1) is 11.3 Å². The maximum absolute atomic E-state index is 12.4. The third-order valence-electron chi connectivity index (χ3n) is 3.26. The van der Waals surface area contributed by atoms with E-state index in [1.807, 2.05) is 12.1 Å². The zero-order chi connectivity index (χ0) is 18.9. The number of hydrogen-bond acceptors (Lipinski definition) is 5. The Labute approximate surface area is 165 Å². The molecule has 0 aliphatic heterocycles. The van der Waals surface area contributed by atoms with Gasteiger partial charge >= 0.3 is 0 Å². The monoisotopic (exact) mass is 402 g/mol. The molecule has 0 radical (unpaired) electrons. The lowest BCUT2D eigenvalue weighted by atomic mass is 10.2. The maximum Gasteiger partial charge on any atom is 0.268 e. The molecule has 7 heteroatoms. The highest BCUT2D eigenvalue weighted by Crippen LogP contribution is 2.31. The predicted octanol–water partition coefficient (Wildman–Crippen LogP) is 4.99. The summed E-state index contributed by atoms with van der Waals surface area (Å²) in [6.07, 6.45) is 1.77. The van der Waals surface area contributed by atoms with Crippen molar-refractivity contribution >= 4 is 52.5 Å². The summed E-state index contributed by atoms with van der Waals surface area (Å²) in [5, 5.41) is 12.6. The van der Waals surface area contributed by atoms with Crippen LogP contribution < -0.4 is 5.32 Å². The Morgan fingerprint density at radius 2 is 1.77 bits per heavy atom. The number of anilines is 1. The van der Waals surface area contributed by atoms with E-state index in [9.17, 15) is 14.9 Å². The molecule has 0 aliphatic rings. The molecule has 2 rings (SSSR count). The van der Waals surface area contributed by atoms with Crippen LogP contribution in [0.3, 0.4) is 0 Å². The molecule has 2 aromatic carbocycles. The second-order valence-electron chi connectivity index (χ2n) is 5.02. The molecule has 0 aliphatic carbocycles. The molecule has 0 fully saturated rings. The maximum atomic E-state index is 12.4. The molecule has 0 atom stereocenters. The van der Waals surface area contributed by atoms with Gasteiger partial charge in [0.15, 0.2) is 5.78 Å². The molecule has 0 spiro atoms. The number of Topliss-reactive ketones (excluding diaryl/α,β-unsaturated/α-hetero) is 1. The van der Waals surface area contributed by atoms with E-state index < -0.39 is 5.91 Å². The first-order valence-electron chi connectivity index (χ1n) is 7.51. The number of carbonyl (C=O) groups is 2. The fraction of sp³-hybridized carbons (Fsp3) is 0.105. The highest BCUT2D eigenvalue weighted by Gasteiger charge is 2.17. The van der Waals surface area contributed by atoms with Crippen molar-refractivity contribution in [3.05, 3.63) is 75.0 Å². The number of rotatable bonds is 7. The second-order valence-corrected chi connectivity index (χ2v) is 7.51. The number of halogens is 1. The van der Waals surface area contributed by atoms with E-state index in [-0.39, 0.29) is 17.1 Å². The van der Waals surface area contributed by atoms with Gasteiger partial charge in [0, 0.05) is 16.3 Å². The minimum absolute atomic E-state index is 0.0155. The molecule has 0 unspecified atom stereocenters. The lowest BCUT2D eigenvalue weighted by molar-refractivity contribution is -0.112. The van der Waals surface area contributed by atoms with Gasteiger partial charge in [0.05, 0.1) is 9.99 Å². The Bertz CT molecular complexity index is 859. The van der Waals surface area contributed by atoms with Gasteiger partial charge in [-0.1, -0.05) is 41.9 Å². The van der Waals surface area contributed by atoms with Crippen LogP contribution in [0.1, 0.15) is 10.4 Å². The molecule has 1 amide bonds. The van der Waals surface area contributed by atoms with E-state index in [1.54, 1.807) is 54.8 Å². The van der Waals surface area contributed by atoms with Gasteiger partial charge in [-0.2, -0.15) is 5.26 Å². The van der Waals surface area contributed by atoms with E-state index in [1.165, 1.54) is 23.5 Å². The van der Waals surface area contributed by atoms with Crippen LogP contribution in [-0.2, 0) is 4.79 Å². The predicted molar refractivity (Wildman–Crippen MR) is 109 cm³/mol. The fourth-order valence-electron chi connectivity index (χ4n) is 1.99. The summed E-state index contributed by atoms with van der Waals surface area (Å²) in [7, 11) is 0. The van der Waals surface area contributed by atoms with Crippen molar-refractivity contribution in [2.24, 2.45) is 0 Å². The Balaban J connectivity index is 2.10. The van der Waals surface area contributed by atoms with Crippen LogP contribution in [0.15, 0.2) is 64.4 Å². The van der Waals surface area contributed by atoms with E-state index in [2.05, 4.69) is 5.32 Å². The van der Waals surface area contributed by atoms with Gasteiger partial charge < -0.3 is 5.32 Å². The summed E-state index contributed by atoms with van der Waals surface area (Å²) in [5.74, 6) is -0.420. The van der Waals surface area contributed by atoms with Crippen molar-refractivity contribution in [3.63, 3.8) is 0 Å². The molecule has 132 valence electrons. The van der Waals surface area contributed by atoms with Gasteiger partial charge in [0.1, 0.15) is 11.6 Å². The number of nitrogens with one attached hydrogen (secondary N) is 1. The number of benzene rings is 2. The van der Waals surface area contributed by atoms with Crippen LogP contribution in [0.25, 0.3) is 0 Å². The summed E-state index contributed by atoms with van der Waals surface area (Å²) in [6, 6.07) is 17.4. The van der Waals surface area contributed by atoms with Crippen molar-refractivity contribution in [1.82, 2.24) is 0 Å². The Morgan fingerprint density at radius 3 is 2.35 bits per heavy atom. The Morgan fingerprint density at radius 1 is 1.12 bits per heavy atom. The molecule has 0 aromatic heterocycles. The van der Waals surface area contributed by atoms with Crippen molar-refractivity contribution in [2.75, 3.05) is 17.3 Å². The first kappa shape index (κ1) is 20.1. The third-order valence-corrected chi connectivity index (χ3v) is 5.81. The standard InChI is InChI=1S/C19H15ClN2O2S2/c1-25-19(26-12-17(23)13-5-3-2-4-6-13)16(11-21)18(24)22-15-9-7-14(20)8-10-15/h2-10H,12H2,1H3,(H,22,24)/b19-16+. The van der Waals surface area contributed by atoms with E-state index >= 15 is 0 Å². The summed E-state index contributed by atoms with van der Waals surface area (Å²) >= 11 is 8.27. The first-order valence-corrected chi connectivity index (χ1v) is 10.1. The SMILES string of the molecule is CS/C(SCC(=O)c1ccccc1)=C(/C#N)C(=O)Nc1ccc(Cl)cc1. The van der Waals surface area contributed by atoms with Crippen LogP contribution in [0.5, 0.6) is 0 Å². The molecule has 26 heavy (non-hydrogen) atoms. The number of carbonyl (C=O) groups excluding carboxylic acids is 2. The highest BCUT2D eigenvalue weighted by atomic mass is 35.5. The van der Waals surface area contributed by atoms with E-state index in [4.69, 9.17) is 11.6 Å². The number of thioether (sulfide) groups is 2. The molecule has 0 heterocycles. The van der Waals surface area contributed by atoms with Crippen LogP contribution in [0.4, 0.5) is 5.69 Å². The van der Waals surface area contributed by atoms with Crippen LogP contribution in [0.2, 0.25) is 5.02 Å². The number of ketones is 1. The molecule has 0 bridgehead atoms. The molecular formula is C19H15ClN2O2S2. The lowest BCUT2D eigenvalue weighted by Crippen LogP contribution is -2.14. The zero-order valence-corrected chi connectivity index (χ0v) is 16.3. The van der Waals surface area contributed by atoms with Crippen molar-refractivity contribution in [2.45, 2.75) is 0 Å². The average Bonchev–Trinajstić information content (AvgIpc) is 2.67. The van der Waals surface area contributed by atoms with Crippen molar-refractivity contribution < 1.29 is 9.59 Å². The Kier molecular flexibility index (Phi) is 7.79. The van der Waals surface area contributed by atoms with E-state index in [0.29, 0.717) is 20.5 Å². The van der Waals surface area contributed by atoms with Gasteiger partial charge in [-0.3, -0.25) is 9.59 Å². The highest BCUT2D eigenvalue weighted by molar-refractivity contribution is 8.22. The van der Waals surface area contributed by atoms with Gasteiger partial charge in [0.2, 0.25) is 0 Å². The molecular weight excluding hydrogens is 388 g/mol. The summed E-state index contributed by atoms with van der Waals surface area (Å²) in [4.78, 5) is 24.6. The quantitative estimate of drug-likeness (QED) is 0.401. The molecule has 0 saturated heterocycles. The number of amides is 1. The summed E-state index contributed by atoms with van der Waals surface area (Å²) < 4.78 is 0.503. The number of nitrogens with zero attached hydrogens (tertiary/aromatic N) is 1. The molecule has 2 aromatic rings. The average molecular weight is 403 g/mol. The lowest BCUT2D eigenvalue weighted by Gasteiger charge is -2.09. The van der Waals surface area contributed by atoms with Gasteiger partial charge in [0.25, 0.3) is 5.91 Å². The van der Waals surface area contributed by atoms with Crippen molar-refractivity contribution in [1.29, 1.82) is 5.26 Å². The smallest absolute Gasteiger partial charge is 0.268 e. The van der Waals surface area contributed by atoms with Gasteiger partial charge in [-0.25, -0.2) is 0 Å². The van der Waals surface area contributed by atoms with Crippen LogP contribution >= 0.6 is 35.1 Å². The minimum atomic E-state index is -0.515. The topological polar surface area (TPSA) is 70.0 Å². The summed E-state index contributed by atoms with van der Waals surface area (Å²) in [6.45, 7) is 0. The molecule has 1 N–H and O–H groups in total. The third kappa shape index (κ3) is 5.67. The minimum Gasteiger partial charge on any atom is -0.321 e. The van der Waals surface area contributed by atoms with Crippen molar-refractivity contribution in [3.8, 4) is 6.07 Å². The largest absolute Gasteiger partial charge is 0.321 e. The normalized spacial score (nSPS) is 11.3. The van der Waals surface area contributed by atoms with Gasteiger partial charge in [-0.15, -0.1) is 23.5 Å².